The van der Waals surface area contributed by atoms with Gasteiger partial charge in [-0.1, -0.05) is 27.5 Å². The van der Waals surface area contributed by atoms with Crippen LogP contribution >= 0.6 is 27.5 Å². The zero-order valence-electron chi connectivity index (χ0n) is 8.13. The molecule has 0 unspecified atom stereocenters. The van der Waals surface area contributed by atoms with Gasteiger partial charge in [0, 0.05) is 34.6 Å². The number of nitrogens with zero attached hydrogens (tertiary/aromatic N) is 2. The summed E-state index contributed by atoms with van der Waals surface area (Å²) in [6, 6.07) is 3.89. The second kappa shape index (κ2) is 3.49. The van der Waals surface area contributed by atoms with Gasteiger partial charge < -0.3 is 4.90 Å². The molecule has 2 heterocycles. The minimum atomic E-state index is 0.747. The molecule has 78 valence electrons. The molecular weight excluding hydrogens is 275 g/mol. The van der Waals surface area contributed by atoms with Crippen LogP contribution in [0.5, 0.6) is 0 Å². The standard InChI is InChI=1S/C11H10BrClN2/c12-9-4-7(13)5-10-8(9)6-15-3-1-2-11(15)14-10/h4-5H,1-3,6H2. The van der Waals surface area contributed by atoms with E-state index < -0.39 is 0 Å². The van der Waals surface area contributed by atoms with Gasteiger partial charge in [0.1, 0.15) is 5.84 Å². The van der Waals surface area contributed by atoms with E-state index in [-0.39, 0.29) is 0 Å². The molecule has 1 aromatic carbocycles. The van der Waals surface area contributed by atoms with Crippen LogP contribution in [0.3, 0.4) is 0 Å². The van der Waals surface area contributed by atoms with Gasteiger partial charge in [0.15, 0.2) is 0 Å². The molecule has 0 bridgehead atoms. The molecular formula is C11H10BrClN2. The van der Waals surface area contributed by atoms with Gasteiger partial charge in [-0.3, -0.25) is 0 Å². The SMILES string of the molecule is Clc1cc(Br)c2c(c1)N=C1CCCN1C2. The Balaban J connectivity index is 2.15. The monoisotopic (exact) mass is 284 g/mol. The van der Waals surface area contributed by atoms with Crippen LogP contribution in [-0.4, -0.2) is 17.3 Å². The van der Waals surface area contributed by atoms with Gasteiger partial charge in [0.2, 0.25) is 0 Å². The Morgan fingerprint density at radius 1 is 1.40 bits per heavy atom. The van der Waals surface area contributed by atoms with Crippen molar-refractivity contribution in [1.82, 2.24) is 4.90 Å². The molecule has 0 aromatic heterocycles. The molecule has 0 spiro atoms. The lowest BCUT2D eigenvalue weighted by Gasteiger charge is -2.25. The van der Waals surface area contributed by atoms with Crippen molar-refractivity contribution in [3.05, 3.63) is 27.2 Å². The minimum Gasteiger partial charge on any atom is -0.356 e. The molecule has 15 heavy (non-hydrogen) atoms. The summed E-state index contributed by atoms with van der Waals surface area (Å²) >= 11 is 9.56. The Labute approximate surface area is 102 Å². The third-order valence-electron chi connectivity index (χ3n) is 2.93. The van der Waals surface area contributed by atoms with E-state index in [1.807, 2.05) is 12.1 Å². The van der Waals surface area contributed by atoms with Crippen LogP contribution in [0.25, 0.3) is 0 Å². The molecule has 3 rings (SSSR count). The first-order chi connectivity index (χ1) is 7.24. The third kappa shape index (κ3) is 1.58. The fourth-order valence-electron chi connectivity index (χ4n) is 2.19. The maximum absolute atomic E-state index is 6.01. The Morgan fingerprint density at radius 3 is 3.13 bits per heavy atom. The van der Waals surface area contributed by atoms with Crippen LogP contribution < -0.4 is 0 Å². The Hall–Kier alpha value is -0.540. The lowest BCUT2D eigenvalue weighted by Crippen LogP contribution is -2.27. The van der Waals surface area contributed by atoms with Gasteiger partial charge in [-0.2, -0.15) is 0 Å². The van der Waals surface area contributed by atoms with Gasteiger partial charge in [-0.25, -0.2) is 4.99 Å². The topological polar surface area (TPSA) is 15.6 Å². The summed E-state index contributed by atoms with van der Waals surface area (Å²) in [7, 11) is 0. The highest BCUT2D eigenvalue weighted by Gasteiger charge is 2.25. The van der Waals surface area contributed by atoms with E-state index in [4.69, 9.17) is 11.6 Å². The molecule has 2 aliphatic rings. The van der Waals surface area contributed by atoms with E-state index in [0.29, 0.717) is 0 Å². The normalized spacial score (nSPS) is 18.5. The average Bonchev–Trinajstić information content (AvgIpc) is 2.61. The molecule has 1 saturated heterocycles. The van der Waals surface area contributed by atoms with Crippen molar-refractivity contribution in [2.45, 2.75) is 19.4 Å². The van der Waals surface area contributed by atoms with Crippen LogP contribution in [0.4, 0.5) is 5.69 Å². The minimum absolute atomic E-state index is 0.747. The van der Waals surface area contributed by atoms with E-state index in [9.17, 15) is 0 Å². The molecule has 0 radical (unpaired) electrons. The highest BCUT2D eigenvalue weighted by atomic mass is 79.9. The van der Waals surface area contributed by atoms with Crippen molar-refractivity contribution in [3.8, 4) is 0 Å². The summed E-state index contributed by atoms with van der Waals surface area (Å²) in [4.78, 5) is 7.01. The maximum Gasteiger partial charge on any atom is 0.105 e. The summed E-state index contributed by atoms with van der Waals surface area (Å²) in [6.45, 7) is 2.10. The molecule has 4 heteroatoms. The molecule has 0 N–H and O–H groups in total. The van der Waals surface area contributed by atoms with Gasteiger partial charge >= 0.3 is 0 Å². The number of rotatable bonds is 0. The summed E-state index contributed by atoms with van der Waals surface area (Å²) < 4.78 is 1.07. The fourth-order valence-corrected chi connectivity index (χ4v) is 3.11. The Bertz CT molecular complexity index is 456. The second-order valence-corrected chi connectivity index (χ2v) is 5.23. The van der Waals surface area contributed by atoms with E-state index >= 15 is 0 Å². The van der Waals surface area contributed by atoms with Crippen LogP contribution in [0.2, 0.25) is 5.02 Å². The van der Waals surface area contributed by atoms with Crippen LogP contribution in [0.1, 0.15) is 18.4 Å². The van der Waals surface area contributed by atoms with Gasteiger partial charge in [0.25, 0.3) is 0 Å². The lowest BCUT2D eigenvalue weighted by molar-refractivity contribution is 0.442. The van der Waals surface area contributed by atoms with Crippen molar-refractivity contribution < 1.29 is 0 Å². The fraction of sp³-hybridized carbons (Fsp3) is 0.364. The largest absolute Gasteiger partial charge is 0.356 e. The number of amidine groups is 1. The van der Waals surface area contributed by atoms with Gasteiger partial charge in [0.05, 0.1) is 5.69 Å². The predicted molar refractivity (Wildman–Crippen MR) is 65.9 cm³/mol. The lowest BCUT2D eigenvalue weighted by atomic mass is 10.1. The van der Waals surface area contributed by atoms with E-state index in [0.717, 1.165) is 34.7 Å². The molecule has 0 atom stereocenters. The molecule has 1 fully saturated rings. The predicted octanol–water partition coefficient (Wildman–Crippen LogP) is 3.74. The van der Waals surface area contributed by atoms with Gasteiger partial charge in [-0.05, 0) is 18.6 Å². The maximum atomic E-state index is 6.01. The summed E-state index contributed by atoms with van der Waals surface area (Å²) in [5, 5.41) is 0.747. The number of fused-ring (bicyclic) bond motifs is 2. The van der Waals surface area contributed by atoms with E-state index in [1.165, 1.54) is 17.8 Å². The second-order valence-electron chi connectivity index (χ2n) is 3.94. The van der Waals surface area contributed by atoms with Crippen LogP contribution in [0.15, 0.2) is 21.6 Å². The summed E-state index contributed by atoms with van der Waals surface area (Å²) in [5.74, 6) is 1.22. The van der Waals surface area contributed by atoms with Crippen molar-refractivity contribution >= 4 is 39.1 Å². The highest BCUT2D eigenvalue weighted by Crippen LogP contribution is 2.37. The zero-order chi connectivity index (χ0) is 10.4. The smallest absolute Gasteiger partial charge is 0.105 e. The highest BCUT2D eigenvalue weighted by molar-refractivity contribution is 9.10. The molecule has 2 nitrogen and oxygen atoms in total. The number of halogens is 2. The van der Waals surface area contributed by atoms with Crippen molar-refractivity contribution in [2.75, 3.05) is 6.54 Å². The first-order valence-electron chi connectivity index (χ1n) is 5.04. The van der Waals surface area contributed by atoms with Crippen LogP contribution in [-0.2, 0) is 6.54 Å². The van der Waals surface area contributed by atoms with E-state index in [1.54, 1.807) is 0 Å². The van der Waals surface area contributed by atoms with Gasteiger partial charge in [-0.15, -0.1) is 0 Å². The van der Waals surface area contributed by atoms with Crippen molar-refractivity contribution in [2.24, 2.45) is 4.99 Å². The quantitative estimate of drug-likeness (QED) is 0.709. The Morgan fingerprint density at radius 2 is 2.27 bits per heavy atom. The van der Waals surface area contributed by atoms with E-state index in [2.05, 4.69) is 25.8 Å². The summed E-state index contributed by atoms with van der Waals surface area (Å²) in [6.07, 6.45) is 2.32. The average molecular weight is 286 g/mol. The Kier molecular flexibility index (Phi) is 2.25. The van der Waals surface area contributed by atoms with Crippen molar-refractivity contribution in [3.63, 3.8) is 0 Å². The third-order valence-corrected chi connectivity index (χ3v) is 3.85. The first-order valence-corrected chi connectivity index (χ1v) is 6.21. The number of aliphatic imine (C=N–C) groups is 1. The van der Waals surface area contributed by atoms with Crippen molar-refractivity contribution in [1.29, 1.82) is 0 Å². The molecule has 2 aliphatic heterocycles. The van der Waals surface area contributed by atoms with Crippen LogP contribution in [0, 0.1) is 0 Å². The zero-order valence-corrected chi connectivity index (χ0v) is 10.5. The first kappa shape index (κ1) is 9.67. The molecule has 0 amide bonds. The molecule has 0 aliphatic carbocycles. The summed E-state index contributed by atoms with van der Waals surface area (Å²) in [5.41, 5.74) is 2.28. The molecule has 1 aromatic rings. The number of benzene rings is 1. The number of hydrogen-bond donors (Lipinski definition) is 0. The molecule has 0 saturated carbocycles. The number of hydrogen-bond acceptors (Lipinski definition) is 2.